The van der Waals surface area contributed by atoms with Crippen molar-refractivity contribution >= 4 is 23.7 Å². The molecule has 8 nitrogen and oxygen atoms in total. The first-order valence-electron chi connectivity index (χ1n) is 14.8. The van der Waals surface area contributed by atoms with Crippen LogP contribution in [-0.2, 0) is 20.9 Å². The third kappa shape index (κ3) is 8.38. The molecule has 0 saturated heterocycles. The Kier molecular flexibility index (Phi) is 10.1. The Bertz CT molecular complexity index is 1450. The van der Waals surface area contributed by atoms with Crippen LogP contribution in [0.3, 0.4) is 0 Å². The fourth-order valence-electron chi connectivity index (χ4n) is 5.08. The van der Waals surface area contributed by atoms with Crippen LogP contribution >= 0.6 is 0 Å². The van der Waals surface area contributed by atoms with E-state index in [9.17, 15) is 19.2 Å². The Balaban J connectivity index is 1.50. The van der Waals surface area contributed by atoms with Gasteiger partial charge in [0.15, 0.2) is 0 Å². The van der Waals surface area contributed by atoms with Gasteiger partial charge in [-0.3, -0.25) is 29.4 Å². The van der Waals surface area contributed by atoms with Gasteiger partial charge in [-0.15, -0.1) is 0 Å². The summed E-state index contributed by atoms with van der Waals surface area (Å²) in [5.41, 5.74) is 2.66. The number of hydrogen-bond donors (Lipinski definition) is 2. The van der Waals surface area contributed by atoms with Crippen LogP contribution in [0.5, 0.6) is 0 Å². The van der Waals surface area contributed by atoms with E-state index in [0.717, 1.165) is 16.7 Å². The van der Waals surface area contributed by atoms with E-state index < -0.39 is 35.5 Å². The van der Waals surface area contributed by atoms with E-state index in [1.54, 1.807) is 32.9 Å². The maximum Gasteiger partial charge on any atom is 0.323 e. The van der Waals surface area contributed by atoms with Gasteiger partial charge in [0.25, 0.3) is 11.8 Å². The normalized spacial score (nSPS) is 14.4. The highest BCUT2D eigenvalue weighted by Gasteiger charge is 2.37. The fraction of sp³-hybridized carbons (Fsp3) is 0.371. The third-order valence-corrected chi connectivity index (χ3v) is 7.15. The number of carbonyl (C=O) groups excluding carboxylic acids is 4. The van der Waals surface area contributed by atoms with E-state index in [4.69, 9.17) is 4.74 Å². The molecule has 1 aliphatic heterocycles. The summed E-state index contributed by atoms with van der Waals surface area (Å²) < 4.78 is 5.69. The number of hydrogen-bond acceptors (Lipinski definition) is 6. The lowest BCUT2D eigenvalue weighted by atomic mass is 10.0. The molecule has 3 aromatic carbocycles. The first kappa shape index (κ1) is 31.6. The smallest absolute Gasteiger partial charge is 0.323 e. The van der Waals surface area contributed by atoms with E-state index in [0.29, 0.717) is 24.1 Å². The van der Waals surface area contributed by atoms with Crippen molar-refractivity contribution in [2.45, 2.75) is 71.7 Å². The summed E-state index contributed by atoms with van der Waals surface area (Å²) in [5.74, 6) is -1.42. The summed E-state index contributed by atoms with van der Waals surface area (Å²) in [5, 5.41) is 6.18. The predicted octanol–water partition coefficient (Wildman–Crippen LogP) is 5.37. The number of rotatable bonds is 12. The molecular weight excluding hydrogens is 542 g/mol. The molecule has 1 heterocycles. The molecule has 3 amide bonds. The minimum atomic E-state index is -0.922. The average Bonchev–Trinajstić information content (AvgIpc) is 3.21. The second-order valence-corrected chi connectivity index (χ2v) is 12.3. The highest BCUT2D eigenvalue weighted by molar-refractivity contribution is 6.21. The van der Waals surface area contributed by atoms with Crippen LogP contribution in [0.2, 0.25) is 0 Å². The van der Waals surface area contributed by atoms with Crippen molar-refractivity contribution in [1.82, 2.24) is 15.5 Å². The number of carbonyl (C=O) groups is 4. The maximum atomic E-state index is 13.4. The average molecular weight is 584 g/mol. The van der Waals surface area contributed by atoms with Crippen molar-refractivity contribution in [2.24, 2.45) is 5.92 Å². The Morgan fingerprint density at radius 3 is 2.07 bits per heavy atom. The predicted molar refractivity (Wildman–Crippen MR) is 166 cm³/mol. The number of fused-ring (bicyclic) bond motifs is 1. The molecule has 0 saturated carbocycles. The van der Waals surface area contributed by atoms with E-state index in [1.165, 1.54) is 4.90 Å². The zero-order valence-corrected chi connectivity index (χ0v) is 25.6. The molecule has 2 atom stereocenters. The first-order valence-corrected chi connectivity index (χ1v) is 14.8. The number of nitrogens with one attached hydrogen (secondary N) is 2. The summed E-state index contributed by atoms with van der Waals surface area (Å²) in [6, 6.07) is 22.9. The van der Waals surface area contributed by atoms with Gasteiger partial charge in [-0.25, -0.2) is 0 Å². The van der Waals surface area contributed by atoms with Crippen LogP contribution in [0, 0.1) is 5.92 Å². The van der Waals surface area contributed by atoms with Crippen LogP contribution in [0.15, 0.2) is 78.9 Å². The van der Waals surface area contributed by atoms with Gasteiger partial charge in [-0.2, -0.15) is 0 Å². The van der Waals surface area contributed by atoms with Crippen molar-refractivity contribution in [3.8, 4) is 11.1 Å². The standard InChI is InChI=1S/C35H41N3O5/c1-23(2)20-30(31(39)36-22-24-12-8-6-9-13-24)37-29(34(42)43-35(3,4)5)18-19-38-32(40)27-17-16-26(21-28(27)33(38)41)25-14-10-7-11-15-25/h6-17,21,23,29-30,37H,18-20,22H2,1-5H3,(H,36,39)/t29-,30+/m1/s1. The number of ether oxygens (including phenoxy) is 1. The molecule has 8 heteroatoms. The van der Waals surface area contributed by atoms with Gasteiger partial charge < -0.3 is 10.1 Å². The van der Waals surface area contributed by atoms with Crippen molar-refractivity contribution < 1.29 is 23.9 Å². The van der Waals surface area contributed by atoms with Gasteiger partial charge in [-0.1, -0.05) is 80.6 Å². The summed E-state index contributed by atoms with van der Waals surface area (Å²) >= 11 is 0. The number of imide groups is 1. The lowest BCUT2D eigenvalue weighted by Gasteiger charge is -2.29. The van der Waals surface area contributed by atoms with E-state index in [2.05, 4.69) is 10.6 Å². The zero-order chi connectivity index (χ0) is 31.1. The molecule has 3 aromatic rings. The second-order valence-electron chi connectivity index (χ2n) is 12.3. The van der Waals surface area contributed by atoms with Crippen molar-refractivity contribution in [3.05, 3.63) is 95.6 Å². The molecule has 0 radical (unpaired) electrons. The minimum absolute atomic E-state index is 0.00996. The lowest BCUT2D eigenvalue weighted by molar-refractivity contribution is -0.158. The summed E-state index contributed by atoms with van der Waals surface area (Å²) in [6.07, 6.45) is 0.571. The van der Waals surface area contributed by atoms with Crippen molar-refractivity contribution in [2.75, 3.05) is 6.54 Å². The molecule has 0 aromatic heterocycles. The highest BCUT2D eigenvalue weighted by atomic mass is 16.6. The molecule has 0 unspecified atom stereocenters. The largest absolute Gasteiger partial charge is 0.459 e. The molecule has 43 heavy (non-hydrogen) atoms. The second kappa shape index (κ2) is 13.8. The van der Waals surface area contributed by atoms with Crippen LogP contribution < -0.4 is 10.6 Å². The first-order chi connectivity index (χ1) is 20.4. The Labute approximate surface area is 253 Å². The molecule has 226 valence electrons. The molecule has 2 N–H and O–H groups in total. The van der Waals surface area contributed by atoms with Gasteiger partial charge in [0, 0.05) is 13.1 Å². The molecule has 0 aliphatic carbocycles. The maximum absolute atomic E-state index is 13.4. The Hall–Kier alpha value is -4.30. The lowest BCUT2D eigenvalue weighted by Crippen LogP contribution is -2.53. The Morgan fingerprint density at radius 2 is 1.44 bits per heavy atom. The number of esters is 1. The minimum Gasteiger partial charge on any atom is -0.459 e. The van der Waals surface area contributed by atoms with Crippen molar-refractivity contribution in [1.29, 1.82) is 0 Å². The van der Waals surface area contributed by atoms with Crippen LogP contribution in [0.1, 0.15) is 73.7 Å². The quantitative estimate of drug-likeness (QED) is 0.219. The summed E-state index contributed by atoms with van der Waals surface area (Å²) in [6.45, 7) is 9.67. The number of benzene rings is 3. The fourth-order valence-corrected chi connectivity index (χ4v) is 5.08. The summed E-state index contributed by atoms with van der Waals surface area (Å²) in [4.78, 5) is 54.5. The van der Waals surface area contributed by atoms with Gasteiger partial charge >= 0.3 is 5.97 Å². The summed E-state index contributed by atoms with van der Waals surface area (Å²) in [7, 11) is 0. The van der Waals surface area contributed by atoms with E-state index in [1.807, 2.05) is 80.6 Å². The van der Waals surface area contributed by atoms with Crippen molar-refractivity contribution in [3.63, 3.8) is 0 Å². The van der Waals surface area contributed by atoms with Gasteiger partial charge in [0.2, 0.25) is 5.91 Å². The number of amides is 3. The van der Waals surface area contributed by atoms with Crippen LogP contribution in [0.25, 0.3) is 11.1 Å². The van der Waals surface area contributed by atoms with E-state index in [-0.39, 0.29) is 24.8 Å². The monoisotopic (exact) mass is 583 g/mol. The Morgan fingerprint density at radius 1 is 0.814 bits per heavy atom. The molecule has 4 rings (SSSR count). The zero-order valence-electron chi connectivity index (χ0n) is 25.6. The molecular formula is C35H41N3O5. The molecule has 1 aliphatic rings. The number of nitrogens with zero attached hydrogens (tertiary/aromatic N) is 1. The van der Waals surface area contributed by atoms with Gasteiger partial charge in [0.1, 0.15) is 11.6 Å². The van der Waals surface area contributed by atoms with Gasteiger partial charge in [0.05, 0.1) is 17.2 Å². The highest BCUT2D eigenvalue weighted by Crippen LogP contribution is 2.29. The third-order valence-electron chi connectivity index (χ3n) is 7.15. The van der Waals surface area contributed by atoms with E-state index >= 15 is 0 Å². The molecule has 0 bridgehead atoms. The van der Waals surface area contributed by atoms with Crippen LogP contribution in [-0.4, -0.2) is 52.8 Å². The topological polar surface area (TPSA) is 105 Å². The van der Waals surface area contributed by atoms with Crippen LogP contribution in [0.4, 0.5) is 0 Å². The van der Waals surface area contributed by atoms with Gasteiger partial charge in [-0.05, 0) is 68.4 Å². The molecule has 0 fully saturated rings. The SMILES string of the molecule is CC(C)C[C@H](N[C@H](CCN1C(=O)c2ccc(-c3ccccc3)cc2C1=O)C(=O)OC(C)(C)C)C(=O)NCc1ccccc1. The molecule has 0 spiro atoms.